The Kier molecular flexibility index (Phi) is 6.18. The molecule has 0 aliphatic carbocycles. The summed E-state index contributed by atoms with van der Waals surface area (Å²) in [6.45, 7) is 8.50. The van der Waals surface area contributed by atoms with Crippen LogP contribution in [0.25, 0.3) is 0 Å². The minimum absolute atomic E-state index is 0.0405. The lowest BCUT2D eigenvalue weighted by atomic mass is 9.79. The lowest BCUT2D eigenvalue weighted by molar-refractivity contribution is 0.0873. The number of hydrogen-bond acceptors (Lipinski definition) is 4. The van der Waals surface area contributed by atoms with Crippen molar-refractivity contribution in [3.8, 4) is 0 Å². The summed E-state index contributed by atoms with van der Waals surface area (Å²) in [6.07, 6.45) is 1.64. The molecule has 2 aromatic rings. The van der Waals surface area contributed by atoms with Crippen LogP contribution in [0.2, 0.25) is 5.02 Å². The largest absolute Gasteiger partial charge is 0.349 e. The summed E-state index contributed by atoms with van der Waals surface area (Å²) in [5, 5.41) is 7.21. The van der Waals surface area contributed by atoms with Crippen LogP contribution < -0.4 is 15.4 Å². The molecular weight excluding hydrogens is 422 g/mol. The zero-order chi connectivity index (χ0) is 22.2. The van der Waals surface area contributed by atoms with E-state index in [-0.39, 0.29) is 27.9 Å². The van der Waals surface area contributed by atoms with Crippen LogP contribution in [-0.2, 0) is 10.0 Å². The average molecular weight is 450 g/mol. The van der Waals surface area contributed by atoms with Gasteiger partial charge in [-0.05, 0) is 89.1 Å². The van der Waals surface area contributed by atoms with Crippen LogP contribution in [0.3, 0.4) is 0 Å². The molecular formula is C22H28ClN3O3S. The molecule has 0 unspecified atom stereocenters. The average Bonchev–Trinajstić information content (AvgIpc) is 2.61. The Balaban J connectivity index is 1.69. The van der Waals surface area contributed by atoms with Gasteiger partial charge in [0.25, 0.3) is 15.9 Å². The minimum Gasteiger partial charge on any atom is -0.349 e. The van der Waals surface area contributed by atoms with E-state index in [0.29, 0.717) is 16.3 Å². The second kappa shape index (κ2) is 8.21. The van der Waals surface area contributed by atoms with Crippen molar-refractivity contribution < 1.29 is 13.2 Å². The van der Waals surface area contributed by atoms with Crippen molar-refractivity contribution in [2.45, 2.75) is 62.6 Å². The molecule has 162 valence electrons. The fourth-order valence-electron chi connectivity index (χ4n) is 4.21. The number of hydrogen-bond donors (Lipinski definition) is 3. The number of amides is 1. The smallest absolute Gasteiger partial charge is 0.261 e. The normalized spacial score (nSPS) is 18.6. The van der Waals surface area contributed by atoms with Crippen molar-refractivity contribution in [2.75, 3.05) is 4.72 Å². The molecule has 8 heteroatoms. The van der Waals surface area contributed by atoms with Crippen molar-refractivity contribution in [1.82, 2.24) is 10.6 Å². The number of rotatable bonds is 5. The molecule has 0 saturated carbocycles. The molecule has 1 aliphatic heterocycles. The number of anilines is 1. The third-order valence-corrected chi connectivity index (χ3v) is 6.70. The molecule has 1 aliphatic rings. The van der Waals surface area contributed by atoms with Crippen molar-refractivity contribution in [3.63, 3.8) is 0 Å². The third-order valence-electron chi connectivity index (χ3n) is 5.05. The maximum atomic E-state index is 12.7. The van der Waals surface area contributed by atoms with E-state index in [1.54, 1.807) is 24.3 Å². The van der Waals surface area contributed by atoms with E-state index in [4.69, 9.17) is 11.6 Å². The van der Waals surface area contributed by atoms with Crippen LogP contribution >= 0.6 is 11.6 Å². The van der Waals surface area contributed by atoms with Crippen LogP contribution in [0.15, 0.2) is 53.4 Å². The van der Waals surface area contributed by atoms with E-state index in [2.05, 4.69) is 43.1 Å². The first-order chi connectivity index (χ1) is 13.9. The Bertz CT molecular complexity index is 1000. The molecule has 1 saturated heterocycles. The van der Waals surface area contributed by atoms with Crippen molar-refractivity contribution in [2.24, 2.45) is 0 Å². The molecule has 0 bridgehead atoms. The minimum atomic E-state index is -3.76. The van der Waals surface area contributed by atoms with Gasteiger partial charge in [-0.25, -0.2) is 8.42 Å². The SMILES string of the molecule is CC1(C)CC(NC(=O)c2ccc(S(=O)(=O)Nc3ccc(Cl)cc3)cc2)CC(C)(C)N1. The first-order valence-electron chi connectivity index (χ1n) is 9.84. The summed E-state index contributed by atoms with van der Waals surface area (Å²) >= 11 is 5.83. The molecule has 1 heterocycles. The lowest BCUT2D eigenvalue weighted by Crippen LogP contribution is -2.62. The number of halogens is 1. The molecule has 0 radical (unpaired) electrons. The van der Waals surface area contributed by atoms with Gasteiger partial charge in [-0.1, -0.05) is 11.6 Å². The predicted molar refractivity (Wildman–Crippen MR) is 120 cm³/mol. The summed E-state index contributed by atoms with van der Waals surface area (Å²) in [7, 11) is -3.76. The maximum absolute atomic E-state index is 12.7. The van der Waals surface area contributed by atoms with Gasteiger partial charge < -0.3 is 10.6 Å². The highest BCUT2D eigenvalue weighted by atomic mass is 35.5. The zero-order valence-corrected chi connectivity index (χ0v) is 19.2. The van der Waals surface area contributed by atoms with E-state index < -0.39 is 10.0 Å². The third kappa shape index (κ3) is 5.74. The Morgan fingerprint density at radius 2 is 1.50 bits per heavy atom. The number of sulfonamides is 1. The Morgan fingerprint density at radius 1 is 0.967 bits per heavy atom. The van der Waals surface area contributed by atoms with E-state index in [1.807, 2.05) is 0 Å². The summed E-state index contributed by atoms with van der Waals surface area (Å²) < 4.78 is 27.7. The van der Waals surface area contributed by atoms with Gasteiger partial charge >= 0.3 is 0 Å². The maximum Gasteiger partial charge on any atom is 0.261 e. The van der Waals surface area contributed by atoms with E-state index in [9.17, 15) is 13.2 Å². The van der Waals surface area contributed by atoms with E-state index >= 15 is 0 Å². The molecule has 30 heavy (non-hydrogen) atoms. The molecule has 3 rings (SSSR count). The highest BCUT2D eigenvalue weighted by Gasteiger charge is 2.38. The molecule has 0 aromatic heterocycles. The standard InChI is InChI=1S/C22H28ClN3O3S/c1-21(2)13-18(14-22(3,4)26-21)24-20(27)15-5-11-19(12-6-15)30(28,29)25-17-9-7-16(23)8-10-17/h5-12,18,25-26H,13-14H2,1-4H3,(H,24,27). The van der Waals surface area contributed by atoms with Gasteiger partial charge in [0.1, 0.15) is 0 Å². The molecule has 0 spiro atoms. The quantitative estimate of drug-likeness (QED) is 0.639. The first kappa shape index (κ1) is 22.6. The summed E-state index contributed by atoms with van der Waals surface area (Å²) in [4.78, 5) is 12.8. The number of carbonyl (C=O) groups is 1. The van der Waals surface area contributed by atoms with Crippen molar-refractivity contribution in [3.05, 3.63) is 59.1 Å². The van der Waals surface area contributed by atoms with Gasteiger partial charge in [-0.15, -0.1) is 0 Å². The van der Waals surface area contributed by atoms with E-state index in [1.165, 1.54) is 24.3 Å². The Labute approximate surface area is 183 Å². The number of carbonyl (C=O) groups excluding carboxylic acids is 1. The fraction of sp³-hybridized carbons (Fsp3) is 0.409. The van der Waals surface area contributed by atoms with Gasteiger partial charge in [0, 0.05) is 33.4 Å². The van der Waals surface area contributed by atoms with Gasteiger partial charge in [-0.2, -0.15) is 0 Å². The Morgan fingerprint density at radius 3 is 2.03 bits per heavy atom. The van der Waals surface area contributed by atoms with Crippen LogP contribution in [0, 0.1) is 0 Å². The number of piperidine rings is 1. The van der Waals surface area contributed by atoms with Gasteiger partial charge in [0.2, 0.25) is 0 Å². The molecule has 2 aromatic carbocycles. The fourth-order valence-corrected chi connectivity index (χ4v) is 5.40. The first-order valence-corrected chi connectivity index (χ1v) is 11.7. The number of benzene rings is 2. The molecule has 1 amide bonds. The van der Waals surface area contributed by atoms with Crippen LogP contribution in [0.5, 0.6) is 0 Å². The molecule has 1 fully saturated rings. The summed E-state index contributed by atoms with van der Waals surface area (Å²) in [6, 6.07) is 12.4. The molecule has 6 nitrogen and oxygen atoms in total. The summed E-state index contributed by atoms with van der Waals surface area (Å²) in [5.74, 6) is -0.205. The van der Waals surface area contributed by atoms with Crippen molar-refractivity contribution >= 4 is 33.2 Å². The zero-order valence-electron chi connectivity index (χ0n) is 17.6. The predicted octanol–water partition coefficient (Wildman–Crippen LogP) is 4.18. The Hall–Kier alpha value is -2.09. The topological polar surface area (TPSA) is 87.3 Å². The van der Waals surface area contributed by atoms with Gasteiger partial charge in [0.15, 0.2) is 0 Å². The summed E-state index contributed by atoms with van der Waals surface area (Å²) in [5.41, 5.74) is 0.683. The second-order valence-corrected chi connectivity index (χ2v) is 11.2. The van der Waals surface area contributed by atoms with Crippen LogP contribution in [0.1, 0.15) is 50.9 Å². The second-order valence-electron chi connectivity index (χ2n) is 9.11. The van der Waals surface area contributed by atoms with Crippen molar-refractivity contribution in [1.29, 1.82) is 0 Å². The molecule has 3 N–H and O–H groups in total. The highest BCUT2D eigenvalue weighted by molar-refractivity contribution is 7.92. The molecule has 0 atom stereocenters. The van der Waals surface area contributed by atoms with Gasteiger partial charge in [0.05, 0.1) is 4.90 Å². The van der Waals surface area contributed by atoms with Gasteiger partial charge in [-0.3, -0.25) is 9.52 Å². The highest BCUT2D eigenvalue weighted by Crippen LogP contribution is 2.28. The van der Waals surface area contributed by atoms with E-state index in [0.717, 1.165) is 12.8 Å². The van der Waals surface area contributed by atoms with Crippen LogP contribution in [0.4, 0.5) is 5.69 Å². The lowest BCUT2D eigenvalue weighted by Gasteiger charge is -2.46. The monoisotopic (exact) mass is 449 g/mol. The van der Waals surface area contributed by atoms with Crippen LogP contribution in [-0.4, -0.2) is 31.4 Å². The number of nitrogens with one attached hydrogen (secondary N) is 3.